The molecule has 4 heteroatoms. The fourth-order valence-electron chi connectivity index (χ4n) is 4.48. The molecule has 0 radical (unpaired) electrons. The number of carbonyl (C=O) groups is 1. The van der Waals surface area contributed by atoms with E-state index in [0.29, 0.717) is 13.2 Å². The fraction of sp³-hybridized carbons (Fsp3) is 0.226. The quantitative estimate of drug-likeness (QED) is 0.237. The second-order valence-corrected chi connectivity index (χ2v) is 8.61. The van der Waals surface area contributed by atoms with Crippen molar-refractivity contribution in [3.8, 4) is 11.3 Å². The smallest absolute Gasteiger partial charge is 0.307 e. The zero-order valence-electron chi connectivity index (χ0n) is 20.4. The van der Waals surface area contributed by atoms with Gasteiger partial charge in [0.25, 0.3) is 0 Å². The van der Waals surface area contributed by atoms with E-state index in [0.717, 1.165) is 16.8 Å². The van der Waals surface area contributed by atoms with E-state index >= 15 is 0 Å². The molecular weight excluding hydrogens is 432 g/mol. The number of rotatable bonds is 10. The van der Waals surface area contributed by atoms with Gasteiger partial charge in [-0.05, 0) is 48.7 Å². The molecule has 35 heavy (non-hydrogen) atoms. The van der Waals surface area contributed by atoms with Gasteiger partial charge in [0.05, 0.1) is 18.7 Å². The maximum Gasteiger partial charge on any atom is 0.307 e. The van der Waals surface area contributed by atoms with Crippen LogP contribution in [-0.2, 0) is 16.1 Å². The third-order valence-corrected chi connectivity index (χ3v) is 6.29. The maximum atomic E-state index is 12.8. The van der Waals surface area contributed by atoms with Gasteiger partial charge >= 0.3 is 5.97 Å². The van der Waals surface area contributed by atoms with Crippen LogP contribution >= 0.6 is 0 Å². The Hall–Kier alpha value is -3.76. The van der Waals surface area contributed by atoms with Crippen LogP contribution in [0.4, 0.5) is 0 Å². The normalized spacial score (nSPS) is 12.8. The molecule has 4 nitrogen and oxygen atoms in total. The number of carbonyl (C=O) groups excluding carboxylic acids is 1. The largest absolute Gasteiger partial charge is 0.466 e. The summed E-state index contributed by atoms with van der Waals surface area (Å²) in [4.78, 5) is 19.8. The van der Waals surface area contributed by atoms with Gasteiger partial charge in [0.1, 0.15) is 0 Å². The van der Waals surface area contributed by atoms with E-state index in [1.54, 1.807) is 6.20 Å². The minimum atomic E-state index is -0.195. The Morgan fingerprint density at radius 1 is 0.857 bits per heavy atom. The van der Waals surface area contributed by atoms with E-state index in [1.165, 1.54) is 11.1 Å². The summed E-state index contributed by atoms with van der Waals surface area (Å²) in [6.45, 7) is 5.13. The van der Waals surface area contributed by atoms with Crippen LogP contribution in [0.1, 0.15) is 49.0 Å². The Bertz CT molecular complexity index is 1200. The molecule has 0 aliphatic rings. The van der Waals surface area contributed by atoms with Gasteiger partial charge in [-0.15, -0.1) is 0 Å². The number of ether oxygens (including phenoxy) is 1. The Balaban J connectivity index is 1.78. The second kappa shape index (κ2) is 12.1. The molecule has 0 N–H and O–H groups in total. The molecule has 1 heterocycles. The van der Waals surface area contributed by atoms with E-state index in [9.17, 15) is 4.79 Å². The number of hydrogen-bond acceptors (Lipinski definition) is 4. The van der Waals surface area contributed by atoms with Crippen LogP contribution in [0.25, 0.3) is 11.3 Å². The van der Waals surface area contributed by atoms with Gasteiger partial charge in [0.2, 0.25) is 0 Å². The maximum absolute atomic E-state index is 12.8. The fourth-order valence-corrected chi connectivity index (χ4v) is 4.48. The van der Waals surface area contributed by atoms with Gasteiger partial charge in [-0.2, -0.15) is 0 Å². The van der Waals surface area contributed by atoms with E-state index in [2.05, 4.69) is 83.5 Å². The SMILES string of the molecule is CCOC(=O)C[C@@H](c1cccc(-c2ccccn2)c1)N(Cc1ccccc1)[C@H](C)c1ccccc1. The monoisotopic (exact) mass is 464 g/mol. The van der Waals surface area contributed by atoms with Crippen LogP contribution in [0.15, 0.2) is 109 Å². The zero-order valence-corrected chi connectivity index (χ0v) is 20.4. The zero-order chi connectivity index (χ0) is 24.5. The lowest BCUT2D eigenvalue weighted by molar-refractivity contribution is -0.145. The third kappa shape index (κ3) is 6.43. The number of esters is 1. The predicted octanol–water partition coefficient (Wildman–Crippen LogP) is 7.01. The molecule has 2 atom stereocenters. The first kappa shape index (κ1) is 24.4. The molecule has 0 saturated carbocycles. The molecule has 3 aromatic carbocycles. The minimum Gasteiger partial charge on any atom is -0.466 e. The Morgan fingerprint density at radius 3 is 2.23 bits per heavy atom. The first-order valence-corrected chi connectivity index (χ1v) is 12.2. The summed E-state index contributed by atoms with van der Waals surface area (Å²) in [5.41, 5.74) is 5.42. The molecule has 0 unspecified atom stereocenters. The average molecular weight is 465 g/mol. The van der Waals surface area contributed by atoms with E-state index < -0.39 is 0 Å². The van der Waals surface area contributed by atoms with Crippen molar-refractivity contribution in [2.75, 3.05) is 6.61 Å². The van der Waals surface area contributed by atoms with Crippen LogP contribution in [0, 0.1) is 0 Å². The topological polar surface area (TPSA) is 42.4 Å². The van der Waals surface area contributed by atoms with Crippen LogP contribution in [0.5, 0.6) is 0 Å². The van der Waals surface area contributed by atoms with Crippen LogP contribution < -0.4 is 0 Å². The van der Waals surface area contributed by atoms with Gasteiger partial charge in [0.15, 0.2) is 0 Å². The van der Waals surface area contributed by atoms with Crippen molar-refractivity contribution in [2.24, 2.45) is 0 Å². The highest BCUT2D eigenvalue weighted by Crippen LogP contribution is 2.36. The van der Waals surface area contributed by atoms with Gasteiger partial charge < -0.3 is 4.74 Å². The molecule has 0 bridgehead atoms. The van der Waals surface area contributed by atoms with E-state index in [-0.39, 0.29) is 24.5 Å². The van der Waals surface area contributed by atoms with Gasteiger partial charge in [0, 0.05) is 30.4 Å². The number of hydrogen-bond donors (Lipinski definition) is 0. The van der Waals surface area contributed by atoms with Gasteiger partial charge in [-0.25, -0.2) is 0 Å². The van der Waals surface area contributed by atoms with Crippen molar-refractivity contribution in [3.63, 3.8) is 0 Å². The highest BCUT2D eigenvalue weighted by Gasteiger charge is 2.29. The highest BCUT2D eigenvalue weighted by molar-refractivity contribution is 5.71. The Kier molecular flexibility index (Phi) is 8.42. The minimum absolute atomic E-state index is 0.0781. The molecule has 1 aromatic heterocycles. The first-order chi connectivity index (χ1) is 17.2. The predicted molar refractivity (Wildman–Crippen MR) is 141 cm³/mol. The number of benzene rings is 3. The molecule has 0 amide bonds. The van der Waals surface area contributed by atoms with E-state index in [1.807, 2.05) is 43.3 Å². The molecule has 0 fully saturated rings. The number of nitrogens with zero attached hydrogens (tertiary/aromatic N) is 2. The summed E-state index contributed by atoms with van der Waals surface area (Å²) in [5.74, 6) is -0.195. The van der Waals surface area contributed by atoms with Crippen molar-refractivity contribution < 1.29 is 9.53 Å². The lowest BCUT2D eigenvalue weighted by Crippen LogP contribution is -2.33. The molecule has 4 rings (SSSR count). The molecule has 0 saturated heterocycles. The highest BCUT2D eigenvalue weighted by atomic mass is 16.5. The third-order valence-electron chi connectivity index (χ3n) is 6.29. The molecule has 178 valence electrons. The van der Waals surface area contributed by atoms with Crippen molar-refractivity contribution >= 4 is 5.97 Å². The standard InChI is InChI=1S/C31H32N2O2/c1-3-35-31(34)22-30(28-18-12-17-27(21-28)29-19-10-11-20-32-29)33(23-25-13-6-4-7-14-25)24(2)26-15-8-5-9-16-26/h4-21,24,30H,3,22-23H2,1-2H3/t24-,30+/m1/s1. The lowest BCUT2D eigenvalue weighted by atomic mass is 9.95. The van der Waals surface area contributed by atoms with Crippen LogP contribution in [-0.4, -0.2) is 22.5 Å². The summed E-state index contributed by atoms with van der Waals surface area (Å²) >= 11 is 0. The molecule has 0 aliphatic carbocycles. The Morgan fingerprint density at radius 2 is 1.54 bits per heavy atom. The first-order valence-electron chi connectivity index (χ1n) is 12.2. The lowest BCUT2D eigenvalue weighted by Gasteiger charge is -2.37. The number of aromatic nitrogens is 1. The average Bonchev–Trinajstić information content (AvgIpc) is 2.92. The number of pyridine rings is 1. The summed E-state index contributed by atoms with van der Waals surface area (Å²) in [7, 11) is 0. The van der Waals surface area contributed by atoms with Crippen molar-refractivity contribution in [1.82, 2.24) is 9.88 Å². The Labute approximate surface area is 208 Å². The molecule has 4 aromatic rings. The van der Waals surface area contributed by atoms with Gasteiger partial charge in [-0.3, -0.25) is 14.7 Å². The summed E-state index contributed by atoms with van der Waals surface area (Å²) in [5, 5.41) is 0. The van der Waals surface area contributed by atoms with Crippen LogP contribution in [0.3, 0.4) is 0 Å². The summed E-state index contributed by atoms with van der Waals surface area (Å²) in [6.07, 6.45) is 2.07. The van der Waals surface area contributed by atoms with Crippen molar-refractivity contribution in [2.45, 2.75) is 38.9 Å². The van der Waals surface area contributed by atoms with Crippen molar-refractivity contribution in [3.05, 3.63) is 126 Å². The second-order valence-electron chi connectivity index (χ2n) is 8.61. The van der Waals surface area contributed by atoms with Crippen molar-refractivity contribution in [1.29, 1.82) is 0 Å². The molecular formula is C31H32N2O2. The summed E-state index contributed by atoms with van der Waals surface area (Å²) < 4.78 is 5.42. The molecule has 0 spiro atoms. The van der Waals surface area contributed by atoms with Crippen LogP contribution in [0.2, 0.25) is 0 Å². The van der Waals surface area contributed by atoms with E-state index in [4.69, 9.17) is 4.74 Å². The molecule has 0 aliphatic heterocycles. The van der Waals surface area contributed by atoms with Gasteiger partial charge in [-0.1, -0.05) is 84.9 Å². The summed E-state index contributed by atoms with van der Waals surface area (Å²) in [6, 6.07) is 35.1.